The molecule has 0 aliphatic carbocycles. The predicted molar refractivity (Wildman–Crippen MR) is 91.5 cm³/mol. The quantitative estimate of drug-likeness (QED) is 0.664. The molecule has 118 valence electrons. The molecule has 0 radical (unpaired) electrons. The van der Waals surface area contributed by atoms with Crippen molar-refractivity contribution < 1.29 is 0 Å². The maximum Gasteiger partial charge on any atom is 0.193 e. The van der Waals surface area contributed by atoms with Crippen LogP contribution >= 0.6 is 23.2 Å². The number of halogens is 2. The number of rotatable bonds is 4. The lowest BCUT2D eigenvalue weighted by Gasteiger charge is -2.22. The fourth-order valence-electron chi connectivity index (χ4n) is 2.10. The zero-order valence-corrected chi connectivity index (χ0v) is 14.3. The number of aromatic amines is 1. The molecule has 0 aliphatic heterocycles. The largest absolute Gasteiger partial charge is 0.352 e. The van der Waals surface area contributed by atoms with Crippen molar-refractivity contribution in [2.24, 2.45) is 4.99 Å². The number of H-pyrrole nitrogens is 1. The van der Waals surface area contributed by atoms with Crippen molar-refractivity contribution in [3.63, 3.8) is 0 Å². The van der Waals surface area contributed by atoms with Gasteiger partial charge in [-0.05, 0) is 24.6 Å². The highest BCUT2D eigenvalue weighted by Gasteiger charge is 2.09. The monoisotopic (exact) mass is 339 g/mol. The summed E-state index contributed by atoms with van der Waals surface area (Å²) in [5.41, 5.74) is 3.23. The summed E-state index contributed by atoms with van der Waals surface area (Å²) in [6.07, 6.45) is 1.81. The minimum atomic E-state index is 0.560. The van der Waals surface area contributed by atoms with E-state index in [0.717, 1.165) is 22.8 Å². The smallest absolute Gasteiger partial charge is 0.193 e. The molecule has 1 aromatic heterocycles. The molecule has 2 aromatic rings. The Morgan fingerprint density at radius 2 is 2.14 bits per heavy atom. The van der Waals surface area contributed by atoms with Crippen molar-refractivity contribution in [3.05, 3.63) is 51.3 Å². The van der Waals surface area contributed by atoms with Crippen LogP contribution in [0.5, 0.6) is 0 Å². The molecule has 0 atom stereocenters. The Morgan fingerprint density at radius 1 is 1.36 bits per heavy atom. The van der Waals surface area contributed by atoms with Gasteiger partial charge < -0.3 is 10.2 Å². The first-order valence-electron chi connectivity index (χ1n) is 6.86. The van der Waals surface area contributed by atoms with Crippen molar-refractivity contribution >= 4 is 29.2 Å². The molecule has 0 spiro atoms. The Balaban J connectivity index is 1.98. The highest BCUT2D eigenvalue weighted by Crippen LogP contribution is 2.23. The number of nitrogens with one attached hydrogen (secondary N) is 2. The molecule has 2 rings (SSSR count). The second-order valence-corrected chi connectivity index (χ2v) is 5.84. The van der Waals surface area contributed by atoms with Crippen LogP contribution in [-0.2, 0) is 13.1 Å². The van der Waals surface area contributed by atoms with E-state index >= 15 is 0 Å². The molecule has 5 nitrogen and oxygen atoms in total. The lowest BCUT2D eigenvalue weighted by Crippen LogP contribution is -2.38. The topological polar surface area (TPSA) is 56.3 Å². The first kappa shape index (κ1) is 16.6. The number of hydrogen-bond acceptors (Lipinski definition) is 2. The molecule has 0 fully saturated rings. The van der Waals surface area contributed by atoms with Crippen LogP contribution in [0.2, 0.25) is 10.0 Å². The van der Waals surface area contributed by atoms with Gasteiger partial charge in [-0.2, -0.15) is 5.10 Å². The van der Waals surface area contributed by atoms with Crippen molar-refractivity contribution in [1.82, 2.24) is 20.4 Å². The van der Waals surface area contributed by atoms with E-state index in [4.69, 9.17) is 23.2 Å². The second-order valence-electron chi connectivity index (χ2n) is 5.03. The van der Waals surface area contributed by atoms with Crippen LogP contribution in [0.1, 0.15) is 16.8 Å². The van der Waals surface area contributed by atoms with E-state index in [9.17, 15) is 0 Å². The lowest BCUT2D eigenvalue weighted by atomic mass is 10.2. The van der Waals surface area contributed by atoms with Gasteiger partial charge in [-0.3, -0.25) is 10.1 Å². The van der Waals surface area contributed by atoms with E-state index in [0.29, 0.717) is 23.1 Å². The van der Waals surface area contributed by atoms with Crippen LogP contribution in [0.4, 0.5) is 0 Å². The zero-order chi connectivity index (χ0) is 16.1. The van der Waals surface area contributed by atoms with E-state index in [2.05, 4.69) is 20.5 Å². The van der Waals surface area contributed by atoms with Crippen LogP contribution < -0.4 is 5.32 Å². The minimum absolute atomic E-state index is 0.560. The van der Waals surface area contributed by atoms with Crippen molar-refractivity contribution in [1.29, 1.82) is 0 Å². The zero-order valence-electron chi connectivity index (χ0n) is 12.8. The molecule has 0 saturated carbocycles. The van der Waals surface area contributed by atoms with Crippen molar-refractivity contribution in [2.75, 3.05) is 14.1 Å². The van der Waals surface area contributed by atoms with Crippen LogP contribution in [0.3, 0.4) is 0 Å². The Hall–Kier alpha value is -1.72. The maximum absolute atomic E-state index is 6.05. The van der Waals surface area contributed by atoms with Crippen molar-refractivity contribution in [3.8, 4) is 0 Å². The maximum atomic E-state index is 6.05. The lowest BCUT2D eigenvalue weighted by molar-refractivity contribution is 0.476. The normalized spacial score (nSPS) is 11.6. The summed E-state index contributed by atoms with van der Waals surface area (Å²) in [7, 11) is 3.73. The van der Waals surface area contributed by atoms with E-state index in [-0.39, 0.29) is 0 Å². The molecular formula is C15H19Cl2N5. The summed E-state index contributed by atoms with van der Waals surface area (Å²) in [5.74, 6) is 0.798. The van der Waals surface area contributed by atoms with Gasteiger partial charge in [-0.15, -0.1) is 0 Å². The molecular weight excluding hydrogens is 321 g/mol. The van der Waals surface area contributed by atoms with E-state index in [1.807, 2.05) is 37.2 Å². The first-order chi connectivity index (χ1) is 10.5. The highest BCUT2D eigenvalue weighted by molar-refractivity contribution is 6.42. The molecule has 0 bridgehead atoms. The van der Waals surface area contributed by atoms with Crippen LogP contribution in [-0.4, -0.2) is 35.2 Å². The highest BCUT2D eigenvalue weighted by atomic mass is 35.5. The molecule has 2 N–H and O–H groups in total. The summed E-state index contributed by atoms with van der Waals surface area (Å²) in [6, 6.07) is 5.63. The Bertz CT molecular complexity index is 666. The Morgan fingerprint density at radius 3 is 2.73 bits per heavy atom. The molecule has 7 heteroatoms. The molecule has 1 heterocycles. The van der Waals surface area contributed by atoms with Gasteiger partial charge in [0.25, 0.3) is 0 Å². The molecule has 0 unspecified atom stereocenters. The fraction of sp³-hybridized carbons (Fsp3) is 0.333. The van der Waals surface area contributed by atoms with Crippen LogP contribution in [0, 0.1) is 6.92 Å². The summed E-state index contributed by atoms with van der Waals surface area (Å²) >= 11 is 12.0. The molecule has 0 aliphatic rings. The van der Waals surface area contributed by atoms with Gasteiger partial charge in [0, 0.05) is 38.4 Å². The average Bonchev–Trinajstić information content (AvgIpc) is 2.89. The summed E-state index contributed by atoms with van der Waals surface area (Å²) < 4.78 is 0. The van der Waals surface area contributed by atoms with Crippen LogP contribution in [0.15, 0.2) is 29.4 Å². The van der Waals surface area contributed by atoms with Gasteiger partial charge in [-0.1, -0.05) is 29.3 Å². The summed E-state index contributed by atoms with van der Waals surface area (Å²) in [6.45, 7) is 3.34. The van der Waals surface area contributed by atoms with Gasteiger partial charge in [0.2, 0.25) is 0 Å². The minimum Gasteiger partial charge on any atom is -0.352 e. The van der Waals surface area contributed by atoms with Gasteiger partial charge >= 0.3 is 0 Å². The van der Waals surface area contributed by atoms with Crippen LogP contribution in [0.25, 0.3) is 0 Å². The third kappa shape index (κ3) is 4.15. The molecule has 0 amide bonds. The summed E-state index contributed by atoms with van der Waals surface area (Å²) in [5, 5.41) is 11.4. The number of benzene rings is 1. The standard InChI is InChI=1S/C15H19Cl2N5/c1-10-12(8-20-21-10)7-19-15(18-2)22(3)9-11-4-5-13(16)14(17)6-11/h4-6,8H,7,9H2,1-3H3,(H,18,19)(H,20,21). The van der Waals surface area contributed by atoms with E-state index < -0.39 is 0 Å². The first-order valence-corrected chi connectivity index (χ1v) is 7.61. The van der Waals surface area contributed by atoms with Gasteiger partial charge in [0.05, 0.1) is 16.2 Å². The van der Waals surface area contributed by atoms with E-state index in [1.165, 1.54) is 0 Å². The predicted octanol–water partition coefficient (Wildman–Crippen LogP) is 3.23. The number of guanidine groups is 1. The Kier molecular flexibility index (Phi) is 5.69. The third-order valence-electron chi connectivity index (χ3n) is 3.35. The Labute approximate surface area is 140 Å². The fourth-order valence-corrected chi connectivity index (χ4v) is 2.42. The molecule has 0 saturated heterocycles. The second kappa shape index (κ2) is 7.51. The van der Waals surface area contributed by atoms with E-state index in [1.54, 1.807) is 13.1 Å². The number of hydrogen-bond donors (Lipinski definition) is 2. The average molecular weight is 340 g/mol. The van der Waals surface area contributed by atoms with Crippen molar-refractivity contribution in [2.45, 2.75) is 20.0 Å². The van der Waals surface area contributed by atoms with Gasteiger partial charge in [0.1, 0.15) is 0 Å². The molecule has 22 heavy (non-hydrogen) atoms. The summed E-state index contributed by atoms with van der Waals surface area (Å²) in [4.78, 5) is 6.32. The third-order valence-corrected chi connectivity index (χ3v) is 4.09. The molecule has 1 aromatic carbocycles. The SMILES string of the molecule is CN=C(NCc1cn[nH]c1C)N(C)Cc1ccc(Cl)c(Cl)c1. The number of aliphatic imine (C=N–C) groups is 1. The van der Waals surface area contributed by atoms with Gasteiger partial charge in [-0.25, -0.2) is 0 Å². The number of aromatic nitrogens is 2. The number of nitrogens with zero attached hydrogens (tertiary/aromatic N) is 3. The van der Waals surface area contributed by atoms with Gasteiger partial charge in [0.15, 0.2) is 5.96 Å². The number of aryl methyl sites for hydroxylation is 1.